The van der Waals surface area contributed by atoms with Gasteiger partial charge in [-0.25, -0.2) is 9.18 Å². The SMILES string of the molecule is CCOC(=O)N1CCC(NC(N)=NCCc2ccc(F)cc2)CC1. The molecule has 1 aromatic rings. The number of hydrogen-bond acceptors (Lipinski definition) is 3. The minimum absolute atomic E-state index is 0.213. The number of ether oxygens (including phenoxy) is 1. The molecule has 132 valence electrons. The van der Waals surface area contributed by atoms with Crippen LogP contribution >= 0.6 is 0 Å². The molecule has 0 aliphatic carbocycles. The molecule has 0 radical (unpaired) electrons. The van der Waals surface area contributed by atoms with E-state index < -0.39 is 0 Å². The van der Waals surface area contributed by atoms with Gasteiger partial charge in [0.2, 0.25) is 0 Å². The number of carbonyl (C=O) groups excluding carboxylic acids is 1. The van der Waals surface area contributed by atoms with Crippen LogP contribution < -0.4 is 11.1 Å². The Morgan fingerprint density at radius 2 is 2.04 bits per heavy atom. The van der Waals surface area contributed by atoms with Gasteiger partial charge in [-0.15, -0.1) is 0 Å². The summed E-state index contributed by atoms with van der Waals surface area (Å²) in [7, 11) is 0. The maximum Gasteiger partial charge on any atom is 0.409 e. The van der Waals surface area contributed by atoms with Gasteiger partial charge in [-0.2, -0.15) is 0 Å². The second kappa shape index (κ2) is 9.10. The lowest BCUT2D eigenvalue weighted by molar-refractivity contribution is 0.0963. The summed E-state index contributed by atoms with van der Waals surface area (Å²) in [6.45, 7) is 4.05. The minimum Gasteiger partial charge on any atom is -0.450 e. The van der Waals surface area contributed by atoms with Crippen molar-refractivity contribution in [3.05, 3.63) is 35.6 Å². The summed E-state index contributed by atoms with van der Waals surface area (Å²) in [4.78, 5) is 17.7. The Morgan fingerprint density at radius 3 is 2.67 bits per heavy atom. The highest BCUT2D eigenvalue weighted by molar-refractivity contribution is 5.78. The van der Waals surface area contributed by atoms with Crippen LogP contribution in [0.15, 0.2) is 29.3 Å². The molecule has 7 heteroatoms. The molecule has 0 atom stereocenters. The summed E-state index contributed by atoms with van der Waals surface area (Å²) in [5.74, 6) is 0.171. The Hall–Kier alpha value is -2.31. The molecule has 2 rings (SSSR count). The molecule has 0 unspecified atom stereocenters. The van der Waals surface area contributed by atoms with E-state index in [-0.39, 0.29) is 18.0 Å². The third kappa shape index (κ3) is 5.72. The van der Waals surface area contributed by atoms with Crippen LogP contribution in [0.3, 0.4) is 0 Å². The summed E-state index contributed by atoms with van der Waals surface area (Å²) < 4.78 is 17.8. The number of hydrogen-bond donors (Lipinski definition) is 2. The fraction of sp³-hybridized carbons (Fsp3) is 0.529. The smallest absolute Gasteiger partial charge is 0.409 e. The molecule has 24 heavy (non-hydrogen) atoms. The predicted molar refractivity (Wildman–Crippen MR) is 91.3 cm³/mol. The molecular formula is C17H25FN4O2. The minimum atomic E-state index is -0.253. The van der Waals surface area contributed by atoms with Gasteiger partial charge in [0.1, 0.15) is 5.82 Å². The number of halogens is 1. The van der Waals surface area contributed by atoms with E-state index in [0.29, 0.717) is 38.6 Å². The van der Waals surface area contributed by atoms with Gasteiger partial charge >= 0.3 is 6.09 Å². The van der Waals surface area contributed by atoms with Crippen LogP contribution in [0, 0.1) is 5.82 Å². The summed E-state index contributed by atoms with van der Waals surface area (Å²) >= 11 is 0. The highest BCUT2D eigenvalue weighted by Crippen LogP contribution is 2.11. The van der Waals surface area contributed by atoms with Crippen LogP contribution in [0.4, 0.5) is 9.18 Å². The number of likely N-dealkylation sites (tertiary alicyclic amines) is 1. The molecule has 0 saturated carbocycles. The molecule has 6 nitrogen and oxygen atoms in total. The first-order valence-corrected chi connectivity index (χ1v) is 8.31. The standard InChI is InChI=1S/C17H25FN4O2/c1-2-24-17(23)22-11-8-15(9-12-22)21-16(19)20-10-7-13-3-5-14(18)6-4-13/h3-6,15H,2,7-12H2,1H3,(H3,19,20,21). The van der Waals surface area contributed by atoms with Gasteiger partial charge in [0.25, 0.3) is 0 Å². The Labute approximate surface area is 141 Å². The maximum absolute atomic E-state index is 12.8. The lowest BCUT2D eigenvalue weighted by Crippen LogP contribution is -2.48. The van der Waals surface area contributed by atoms with Crippen molar-refractivity contribution < 1.29 is 13.9 Å². The number of piperidine rings is 1. The van der Waals surface area contributed by atoms with Crippen LogP contribution in [0.25, 0.3) is 0 Å². The van der Waals surface area contributed by atoms with Crippen LogP contribution in [0.1, 0.15) is 25.3 Å². The molecule has 1 saturated heterocycles. The highest BCUT2D eigenvalue weighted by atomic mass is 19.1. The van der Waals surface area contributed by atoms with Crippen molar-refractivity contribution in [1.82, 2.24) is 10.2 Å². The second-order valence-corrected chi connectivity index (χ2v) is 5.75. The third-order valence-corrected chi connectivity index (χ3v) is 3.97. The van der Waals surface area contributed by atoms with Gasteiger partial charge in [-0.3, -0.25) is 4.99 Å². The normalized spacial score (nSPS) is 16.1. The van der Waals surface area contributed by atoms with Crippen LogP contribution in [0.5, 0.6) is 0 Å². The number of benzene rings is 1. The molecule has 1 aromatic carbocycles. The molecular weight excluding hydrogens is 311 g/mol. The quantitative estimate of drug-likeness (QED) is 0.636. The van der Waals surface area contributed by atoms with E-state index >= 15 is 0 Å². The number of aliphatic imine (C=N–C) groups is 1. The monoisotopic (exact) mass is 336 g/mol. The van der Waals surface area contributed by atoms with Gasteiger partial charge in [0.05, 0.1) is 6.61 Å². The average Bonchev–Trinajstić information content (AvgIpc) is 2.57. The van der Waals surface area contributed by atoms with E-state index in [2.05, 4.69) is 10.3 Å². The van der Waals surface area contributed by atoms with Crippen molar-refractivity contribution in [1.29, 1.82) is 0 Å². The van der Waals surface area contributed by atoms with Crippen LogP contribution in [-0.2, 0) is 11.2 Å². The summed E-state index contributed by atoms with van der Waals surface area (Å²) in [6.07, 6.45) is 2.08. The fourth-order valence-corrected chi connectivity index (χ4v) is 2.63. The van der Waals surface area contributed by atoms with E-state index in [1.54, 1.807) is 24.0 Å². The van der Waals surface area contributed by atoms with Gasteiger partial charge < -0.3 is 20.7 Å². The zero-order valence-electron chi connectivity index (χ0n) is 14.0. The van der Waals surface area contributed by atoms with E-state index in [4.69, 9.17) is 10.5 Å². The second-order valence-electron chi connectivity index (χ2n) is 5.75. The molecule has 0 spiro atoms. The largest absolute Gasteiger partial charge is 0.450 e. The Balaban J connectivity index is 1.69. The molecule has 1 fully saturated rings. The van der Waals surface area contributed by atoms with Crippen molar-refractivity contribution in [2.45, 2.75) is 32.2 Å². The Bertz CT molecular complexity index is 554. The lowest BCUT2D eigenvalue weighted by atomic mass is 10.1. The molecule has 1 aliphatic rings. The Kier molecular flexibility index (Phi) is 6.84. The summed E-state index contributed by atoms with van der Waals surface area (Å²) in [6, 6.07) is 6.60. The van der Waals surface area contributed by atoms with Crippen molar-refractivity contribution in [2.24, 2.45) is 10.7 Å². The lowest BCUT2D eigenvalue weighted by Gasteiger charge is -2.31. The number of nitrogens with one attached hydrogen (secondary N) is 1. The number of nitrogens with two attached hydrogens (primary N) is 1. The van der Waals surface area contributed by atoms with E-state index in [9.17, 15) is 9.18 Å². The number of rotatable bonds is 5. The summed E-state index contributed by atoms with van der Waals surface area (Å²) in [5, 5.41) is 3.19. The first-order valence-electron chi connectivity index (χ1n) is 8.31. The van der Waals surface area contributed by atoms with Crippen molar-refractivity contribution in [3.8, 4) is 0 Å². The van der Waals surface area contributed by atoms with Crippen molar-refractivity contribution in [3.63, 3.8) is 0 Å². The zero-order valence-corrected chi connectivity index (χ0v) is 14.0. The maximum atomic E-state index is 12.8. The van der Waals surface area contributed by atoms with E-state index in [1.807, 2.05) is 0 Å². The number of carbonyl (C=O) groups is 1. The first-order chi connectivity index (χ1) is 11.6. The number of guanidine groups is 1. The molecule has 1 heterocycles. The average molecular weight is 336 g/mol. The predicted octanol–water partition coefficient (Wildman–Crippen LogP) is 1.89. The highest BCUT2D eigenvalue weighted by Gasteiger charge is 2.23. The topological polar surface area (TPSA) is 80.0 Å². The van der Waals surface area contributed by atoms with E-state index in [1.165, 1.54) is 12.1 Å². The molecule has 3 N–H and O–H groups in total. The summed E-state index contributed by atoms with van der Waals surface area (Å²) in [5.41, 5.74) is 6.93. The Morgan fingerprint density at radius 1 is 1.38 bits per heavy atom. The third-order valence-electron chi connectivity index (χ3n) is 3.97. The molecule has 1 amide bonds. The molecule has 0 aromatic heterocycles. The number of nitrogens with zero attached hydrogens (tertiary/aromatic N) is 2. The zero-order chi connectivity index (χ0) is 17.4. The van der Waals surface area contributed by atoms with Crippen molar-refractivity contribution in [2.75, 3.05) is 26.2 Å². The first kappa shape index (κ1) is 18.0. The van der Waals surface area contributed by atoms with Gasteiger partial charge in [0.15, 0.2) is 5.96 Å². The fourth-order valence-electron chi connectivity index (χ4n) is 2.63. The molecule has 1 aliphatic heterocycles. The van der Waals surface area contributed by atoms with Gasteiger partial charge in [-0.05, 0) is 43.9 Å². The van der Waals surface area contributed by atoms with Crippen LogP contribution in [0.2, 0.25) is 0 Å². The molecule has 0 bridgehead atoms. The van der Waals surface area contributed by atoms with Crippen LogP contribution in [-0.4, -0.2) is 49.2 Å². The van der Waals surface area contributed by atoms with E-state index in [0.717, 1.165) is 18.4 Å². The van der Waals surface area contributed by atoms with Crippen molar-refractivity contribution >= 4 is 12.1 Å². The number of amides is 1. The van der Waals surface area contributed by atoms with Gasteiger partial charge in [0, 0.05) is 25.7 Å². The van der Waals surface area contributed by atoms with Gasteiger partial charge in [-0.1, -0.05) is 12.1 Å².